The molecule has 2 aromatic carbocycles. The molecule has 0 aliphatic carbocycles. The van der Waals surface area contributed by atoms with E-state index >= 15 is 0 Å². The van der Waals surface area contributed by atoms with Crippen LogP contribution in [0.15, 0.2) is 36.7 Å². The molecule has 5 heteroatoms. The molecule has 0 amide bonds. The third-order valence-electron chi connectivity index (χ3n) is 5.16. The summed E-state index contributed by atoms with van der Waals surface area (Å²) in [6.45, 7) is 10.3. The Morgan fingerprint density at radius 1 is 0.821 bits per heavy atom. The fourth-order valence-corrected chi connectivity index (χ4v) is 3.74. The van der Waals surface area contributed by atoms with Gasteiger partial charge in [-0.15, -0.1) is 0 Å². The van der Waals surface area contributed by atoms with Crippen molar-refractivity contribution in [1.29, 1.82) is 0 Å². The molecular formula is C23H24N5+. The van der Waals surface area contributed by atoms with Gasteiger partial charge in [-0.1, -0.05) is 17.7 Å². The zero-order chi connectivity index (χ0) is 20.0. The van der Waals surface area contributed by atoms with E-state index < -0.39 is 0 Å². The number of benzene rings is 2. The Bertz CT molecular complexity index is 1210. The van der Waals surface area contributed by atoms with E-state index in [1.165, 1.54) is 27.9 Å². The van der Waals surface area contributed by atoms with Crippen molar-refractivity contribution in [3.05, 3.63) is 65.0 Å². The molecule has 5 nitrogen and oxygen atoms in total. The molecule has 0 aliphatic rings. The highest BCUT2D eigenvalue weighted by Crippen LogP contribution is 2.31. The highest BCUT2D eigenvalue weighted by Gasteiger charge is 2.19. The van der Waals surface area contributed by atoms with Crippen LogP contribution in [-0.2, 0) is 7.05 Å². The molecule has 0 bridgehead atoms. The van der Waals surface area contributed by atoms with Gasteiger partial charge in [0.05, 0.1) is 12.4 Å². The molecule has 0 spiro atoms. The minimum Gasteiger partial charge on any atom is -0.232 e. The Hall–Kier alpha value is -3.21. The molecule has 2 aromatic heterocycles. The summed E-state index contributed by atoms with van der Waals surface area (Å²) in [6, 6.07) is 10.7. The molecule has 0 atom stereocenters. The lowest BCUT2D eigenvalue weighted by atomic mass is 9.95. The Morgan fingerprint density at radius 3 is 2.25 bits per heavy atom. The first-order valence-corrected chi connectivity index (χ1v) is 9.40. The van der Waals surface area contributed by atoms with E-state index in [0.717, 1.165) is 28.1 Å². The zero-order valence-electron chi connectivity index (χ0n) is 17.2. The van der Waals surface area contributed by atoms with Crippen molar-refractivity contribution in [2.45, 2.75) is 34.6 Å². The van der Waals surface area contributed by atoms with E-state index in [1.54, 1.807) is 0 Å². The summed E-state index contributed by atoms with van der Waals surface area (Å²) in [5.41, 5.74) is 8.14. The maximum absolute atomic E-state index is 4.66. The van der Waals surface area contributed by atoms with E-state index in [0.29, 0.717) is 5.82 Å². The van der Waals surface area contributed by atoms with E-state index in [4.69, 9.17) is 0 Å². The molecule has 28 heavy (non-hydrogen) atoms. The van der Waals surface area contributed by atoms with Gasteiger partial charge in [0.25, 0.3) is 6.33 Å². The number of aromatic nitrogens is 5. The van der Waals surface area contributed by atoms with Gasteiger partial charge in [0.15, 0.2) is 11.3 Å². The standard InChI is InChI=1S/C23H24N5/c1-13-9-14(2)15(3)20(10-13)22-19-8-7-18(11-21(19)24-12-28(22)6)23-26-16(4)25-17(5)27-23/h7-12H,1-6H3/q+1. The zero-order valence-corrected chi connectivity index (χ0v) is 17.2. The van der Waals surface area contributed by atoms with E-state index in [9.17, 15) is 0 Å². The van der Waals surface area contributed by atoms with Gasteiger partial charge >= 0.3 is 0 Å². The van der Waals surface area contributed by atoms with E-state index in [2.05, 4.69) is 75.6 Å². The number of aryl methyl sites for hydroxylation is 5. The second kappa shape index (κ2) is 6.75. The van der Waals surface area contributed by atoms with Crippen LogP contribution in [0.5, 0.6) is 0 Å². The van der Waals surface area contributed by atoms with Crippen molar-refractivity contribution in [2.24, 2.45) is 7.05 Å². The van der Waals surface area contributed by atoms with Crippen LogP contribution in [0.4, 0.5) is 0 Å². The number of hydrogen-bond acceptors (Lipinski definition) is 4. The largest absolute Gasteiger partial charge is 0.287 e. The molecule has 0 radical (unpaired) electrons. The number of hydrogen-bond donors (Lipinski definition) is 0. The Morgan fingerprint density at radius 2 is 1.54 bits per heavy atom. The normalized spacial score (nSPS) is 11.2. The smallest absolute Gasteiger partial charge is 0.232 e. The maximum Gasteiger partial charge on any atom is 0.287 e. The first kappa shape index (κ1) is 18.2. The molecule has 0 N–H and O–H groups in total. The Labute approximate surface area is 165 Å². The highest BCUT2D eigenvalue weighted by molar-refractivity contribution is 5.93. The summed E-state index contributed by atoms with van der Waals surface area (Å²) >= 11 is 0. The number of fused-ring (bicyclic) bond motifs is 1. The predicted octanol–water partition coefficient (Wildman–Crippen LogP) is 4.12. The molecule has 2 heterocycles. The fraction of sp³-hybridized carbons (Fsp3) is 0.261. The minimum absolute atomic E-state index is 0.686. The van der Waals surface area contributed by atoms with E-state index in [-0.39, 0.29) is 0 Å². The summed E-state index contributed by atoms with van der Waals surface area (Å²) < 4.78 is 2.10. The maximum atomic E-state index is 4.66. The number of nitrogens with zero attached hydrogens (tertiary/aromatic N) is 5. The summed E-state index contributed by atoms with van der Waals surface area (Å²) in [7, 11) is 2.05. The van der Waals surface area contributed by atoms with Gasteiger partial charge in [0, 0.05) is 17.2 Å². The molecule has 0 saturated heterocycles. The van der Waals surface area contributed by atoms with Gasteiger partial charge in [-0.2, -0.15) is 0 Å². The van der Waals surface area contributed by atoms with Gasteiger partial charge in [-0.25, -0.2) is 19.5 Å². The van der Waals surface area contributed by atoms with Crippen molar-refractivity contribution in [3.63, 3.8) is 0 Å². The predicted molar refractivity (Wildman–Crippen MR) is 111 cm³/mol. The lowest BCUT2D eigenvalue weighted by molar-refractivity contribution is -0.662. The van der Waals surface area contributed by atoms with Crippen LogP contribution in [0.25, 0.3) is 33.5 Å². The Kier molecular flexibility index (Phi) is 4.38. The van der Waals surface area contributed by atoms with Gasteiger partial charge in [0.1, 0.15) is 17.3 Å². The summed E-state index contributed by atoms with van der Waals surface area (Å²) in [4.78, 5) is 17.9. The SMILES string of the molecule is Cc1cc(C)c(C)c(-c2c3ccc(-c4nc(C)nc(C)n4)cc3nc[n+]2C)c1. The summed E-state index contributed by atoms with van der Waals surface area (Å²) in [6.07, 6.45) is 1.88. The van der Waals surface area contributed by atoms with Crippen molar-refractivity contribution in [1.82, 2.24) is 19.9 Å². The number of rotatable bonds is 2. The van der Waals surface area contributed by atoms with Crippen LogP contribution in [0.3, 0.4) is 0 Å². The van der Waals surface area contributed by atoms with Crippen LogP contribution < -0.4 is 4.57 Å². The van der Waals surface area contributed by atoms with Crippen molar-refractivity contribution in [2.75, 3.05) is 0 Å². The van der Waals surface area contributed by atoms with Crippen molar-refractivity contribution >= 4 is 10.9 Å². The molecule has 140 valence electrons. The topological polar surface area (TPSA) is 55.4 Å². The highest BCUT2D eigenvalue weighted by atomic mass is 15.0. The van der Waals surface area contributed by atoms with Crippen LogP contribution in [-0.4, -0.2) is 19.9 Å². The first-order chi connectivity index (χ1) is 13.3. The van der Waals surface area contributed by atoms with Crippen LogP contribution in [0, 0.1) is 34.6 Å². The third-order valence-corrected chi connectivity index (χ3v) is 5.16. The second-order valence-electron chi connectivity index (χ2n) is 7.44. The lowest BCUT2D eigenvalue weighted by Crippen LogP contribution is -2.32. The average molecular weight is 370 g/mol. The van der Waals surface area contributed by atoms with E-state index in [1.807, 2.05) is 27.2 Å². The van der Waals surface area contributed by atoms with Crippen LogP contribution in [0.1, 0.15) is 28.3 Å². The van der Waals surface area contributed by atoms with Gasteiger partial charge < -0.3 is 0 Å². The van der Waals surface area contributed by atoms with Gasteiger partial charge in [-0.05, 0) is 62.9 Å². The lowest BCUT2D eigenvalue weighted by Gasteiger charge is -2.12. The van der Waals surface area contributed by atoms with Gasteiger partial charge in [0.2, 0.25) is 0 Å². The molecule has 0 fully saturated rings. The first-order valence-electron chi connectivity index (χ1n) is 9.40. The molecule has 4 aromatic rings. The second-order valence-corrected chi connectivity index (χ2v) is 7.44. The van der Waals surface area contributed by atoms with Crippen LogP contribution >= 0.6 is 0 Å². The average Bonchev–Trinajstić information content (AvgIpc) is 2.64. The molecule has 0 aliphatic heterocycles. The Balaban J connectivity index is 1.96. The van der Waals surface area contributed by atoms with Gasteiger partial charge in [-0.3, -0.25) is 0 Å². The molecular weight excluding hydrogens is 346 g/mol. The fourth-order valence-electron chi connectivity index (χ4n) is 3.74. The minimum atomic E-state index is 0.686. The summed E-state index contributed by atoms with van der Waals surface area (Å²) in [5.74, 6) is 2.13. The molecule has 4 rings (SSSR count). The monoisotopic (exact) mass is 370 g/mol. The summed E-state index contributed by atoms with van der Waals surface area (Å²) in [5, 5.41) is 1.12. The van der Waals surface area contributed by atoms with Crippen molar-refractivity contribution in [3.8, 4) is 22.6 Å². The quantitative estimate of drug-likeness (QED) is 0.498. The molecule has 0 saturated carbocycles. The molecule has 0 unspecified atom stereocenters. The van der Waals surface area contributed by atoms with Crippen molar-refractivity contribution < 1.29 is 4.57 Å². The third kappa shape index (κ3) is 3.13. The van der Waals surface area contributed by atoms with Crippen LogP contribution in [0.2, 0.25) is 0 Å².